The van der Waals surface area contributed by atoms with E-state index in [0.29, 0.717) is 12.4 Å². The monoisotopic (exact) mass is 403 g/mol. The summed E-state index contributed by atoms with van der Waals surface area (Å²) < 4.78 is 28.2. The first kappa shape index (κ1) is 20.3. The Balaban J connectivity index is 1.38. The SMILES string of the molecule is NS(=O)(=O)c1ccc(OCCN2CCC(C(=O)Nc3ccccc3)CC2)cc1. The number of sulfonamides is 1. The zero-order valence-corrected chi connectivity index (χ0v) is 16.4. The van der Waals surface area contributed by atoms with Crippen molar-refractivity contribution in [2.24, 2.45) is 11.1 Å². The van der Waals surface area contributed by atoms with Crippen LogP contribution in [0.5, 0.6) is 5.75 Å². The van der Waals surface area contributed by atoms with Gasteiger partial charge in [-0.1, -0.05) is 18.2 Å². The second kappa shape index (κ2) is 9.18. The standard InChI is InChI=1S/C20H25N3O4S/c21-28(25,26)19-8-6-18(7-9-19)27-15-14-23-12-10-16(11-13-23)20(24)22-17-4-2-1-3-5-17/h1-9,16H,10-15H2,(H,22,24)(H2,21,25,26). The van der Waals surface area contributed by atoms with E-state index in [1.807, 2.05) is 30.3 Å². The summed E-state index contributed by atoms with van der Waals surface area (Å²) in [6.45, 7) is 2.95. The Hall–Kier alpha value is -2.42. The van der Waals surface area contributed by atoms with Gasteiger partial charge in [-0.15, -0.1) is 0 Å². The van der Waals surface area contributed by atoms with E-state index in [-0.39, 0.29) is 16.7 Å². The van der Waals surface area contributed by atoms with Crippen molar-refractivity contribution >= 4 is 21.6 Å². The van der Waals surface area contributed by atoms with Crippen LogP contribution in [0.2, 0.25) is 0 Å². The summed E-state index contributed by atoms with van der Waals surface area (Å²) in [5.74, 6) is 0.713. The molecule has 1 aliphatic heterocycles. The number of carbonyl (C=O) groups excluding carboxylic acids is 1. The Labute approximate surface area is 165 Å². The van der Waals surface area contributed by atoms with Crippen LogP contribution < -0.4 is 15.2 Å². The number of para-hydroxylation sites is 1. The molecule has 2 aromatic carbocycles. The number of nitrogens with two attached hydrogens (primary N) is 1. The van der Waals surface area contributed by atoms with E-state index >= 15 is 0 Å². The molecule has 0 aromatic heterocycles. The van der Waals surface area contributed by atoms with Gasteiger partial charge < -0.3 is 10.1 Å². The first-order chi connectivity index (χ1) is 13.4. The average molecular weight is 404 g/mol. The normalized spacial score (nSPS) is 15.9. The first-order valence-electron chi connectivity index (χ1n) is 9.26. The van der Waals surface area contributed by atoms with Crippen LogP contribution in [0.1, 0.15) is 12.8 Å². The van der Waals surface area contributed by atoms with Gasteiger partial charge in [0.15, 0.2) is 0 Å². The molecule has 0 radical (unpaired) electrons. The third-order valence-corrected chi connectivity index (χ3v) is 5.76. The highest BCUT2D eigenvalue weighted by Gasteiger charge is 2.24. The van der Waals surface area contributed by atoms with Crippen molar-refractivity contribution in [2.45, 2.75) is 17.7 Å². The van der Waals surface area contributed by atoms with Gasteiger partial charge in [0, 0.05) is 18.2 Å². The number of carbonyl (C=O) groups is 1. The van der Waals surface area contributed by atoms with Gasteiger partial charge >= 0.3 is 0 Å². The summed E-state index contributed by atoms with van der Waals surface area (Å²) in [6, 6.07) is 15.6. The number of anilines is 1. The van der Waals surface area contributed by atoms with Crippen molar-refractivity contribution in [3.05, 3.63) is 54.6 Å². The zero-order chi connectivity index (χ0) is 20.0. The molecule has 0 atom stereocenters. The topological polar surface area (TPSA) is 102 Å². The molecule has 1 heterocycles. The number of hydrogen-bond acceptors (Lipinski definition) is 5. The number of likely N-dealkylation sites (tertiary alicyclic amines) is 1. The van der Waals surface area contributed by atoms with Gasteiger partial charge in [-0.05, 0) is 62.3 Å². The molecule has 0 unspecified atom stereocenters. The number of hydrogen-bond donors (Lipinski definition) is 2. The van der Waals surface area contributed by atoms with E-state index < -0.39 is 10.0 Å². The number of benzene rings is 2. The van der Waals surface area contributed by atoms with Gasteiger partial charge in [-0.25, -0.2) is 13.6 Å². The second-order valence-electron chi connectivity index (χ2n) is 6.84. The molecule has 28 heavy (non-hydrogen) atoms. The molecule has 1 amide bonds. The van der Waals surface area contributed by atoms with Gasteiger partial charge in [0.05, 0.1) is 4.90 Å². The molecule has 7 nitrogen and oxygen atoms in total. The van der Waals surface area contributed by atoms with Gasteiger partial charge in [0.2, 0.25) is 15.9 Å². The van der Waals surface area contributed by atoms with Crippen molar-refractivity contribution in [1.82, 2.24) is 4.90 Å². The van der Waals surface area contributed by atoms with Gasteiger partial charge in [-0.3, -0.25) is 9.69 Å². The number of primary sulfonamides is 1. The average Bonchev–Trinajstić information content (AvgIpc) is 2.69. The van der Waals surface area contributed by atoms with Gasteiger partial charge in [-0.2, -0.15) is 0 Å². The third kappa shape index (κ3) is 5.79. The van der Waals surface area contributed by atoms with E-state index in [0.717, 1.165) is 38.2 Å². The highest BCUT2D eigenvalue weighted by atomic mass is 32.2. The van der Waals surface area contributed by atoms with Crippen LogP contribution in [0.25, 0.3) is 0 Å². The summed E-state index contributed by atoms with van der Waals surface area (Å²) in [4.78, 5) is 14.7. The molecule has 3 rings (SSSR count). The molecule has 2 aromatic rings. The Kier molecular flexibility index (Phi) is 6.66. The molecule has 0 aliphatic carbocycles. The largest absolute Gasteiger partial charge is 0.492 e. The van der Waals surface area contributed by atoms with Crippen LogP contribution >= 0.6 is 0 Å². The van der Waals surface area contributed by atoms with Crippen molar-refractivity contribution in [2.75, 3.05) is 31.6 Å². The second-order valence-corrected chi connectivity index (χ2v) is 8.40. The summed E-state index contributed by atoms with van der Waals surface area (Å²) in [5, 5.41) is 8.05. The molecule has 8 heteroatoms. The highest BCUT2D eigenvalue weighted by Crippen LogP contribution is 2.20. The van der Waals surface area contributed by atoms with Gasteiger partial charge in [0.1, 0.15) is 12.4 Å². The lowest BCUT2D eigenvalue weighted by Gasteiger charge is -2.31. The summed E-state index contributed by atoms with van der Waals surface area (Å²) in [6.07, 6.45) is 1.64. The van der Waals surface area contributed by atoms with E-state index in [1.165, 1.54) is 12.1 Å². The lowest BCUT2D eigenvalue weighted by Crippen LogP contribution is -2.39. The highest BCUT2D eigenvalue weighted by molar-refractivity contribution is 7.89. The van der Waals surface area contributed by atoms with Crippen LogP contribution in [-0.2, 0) is 14.8 Å². The number of rotatable bonds is 7. The van der Waals surface area contributed by atoms with Crippen molar-refractivity contribution in [1.29, 1.82) is 0 Å². The molecule has 150 valence electrons. The van der Waals surface area contributed by atoms with Crippen molar-refractivity contribution in [3.63, 3.8) is 0 Å². The first-order valence-corrected chi connectivity index (χ1v) is 10.8. The molecule has 0 saturated carbocycles. The Morgan fingerprint density at radius 3 is 2.32 bits per heavy atom. The fraction of sp³-hybridized carbons (Fsp3) is 0.350. The van der Waals surface area contributed by atoms with Crippen LogP contribution in [0.3, 0.4) is 0 Å². The number of nitrogens with zero attached hydrogens (tertiary/aromatic N) is 1. The fourth-order valence-electron chi connectivity index (χ4n) is 3.20. The minimum Gasteiger partial charge on any atom is -0.492 e. The number of ether oxygens (including phenoxy) is 1. The summed E-state index contributed by atoms with van der Waals surface area (Å²) in [5.41, 5.74) is 0.830. The molecule has 3 N–H and O–H groups in total. The van der Waals surface area contributed by atoms with E-state index in [1.54, 1.807) is 12.1 Å². The maximum atomic E-state index is 12.4. The van der Waals surface area contributed by atoms with Gasteiger partial charge in [0.25, 0.3) is 0 Å². The summed E-state index contributed by atoms with van der Waals surface area (Å²) >= 11 is 0. The van der Waals surface area contributed by atoms with Crippen molar-refractivity contribution in [3.8, 4) is 5.75 Å². The van der Waals surface area contributed by atoms with E-state index in [2.05, 4.69) is 10.2 Å². The minimum atomic E-state index is -3.69. The smallest absolute Gasteiger partial charge is 0.238 e. The Bertz CT molecular complexity index is 877. The van der Waals surface area contributed by atoms with E-state index in [4.69, 9.17) is 9.88 Å². The maximum absolute atomic E-state index is 12.4. The predicted molar refractivity (Wildman–Crippen MR) is 108 cm³/mol. The van der Waals surface area contributed by atoms with Crippen molar-refractivity contribution < 1.29 is 17.9 Å². The quantitative estimate of drug-likeness (QED) is 0.737. The lowest BCUT2D eigenvalue weighted by atomic mass is 9.96. The molecule has 1 saturated heterocycles. The van der Waals surface area contributed by atoms with Crippen LogP contribution in [0.15, 0.2) is 59.5 Å². The van der Waals surface area contributed by atoms with Crippen LogP contribution in [0.4, 0.5) is 5.69 Å². The lowest BCUT2D eigenvalue weighted by molar-refractivity contribution is -0.121. The molecule has 1 fully saturated rings. The molecule has 0 bridgehead atoms. The number of nitrogens with one attached hydrogen (secondary N) is 1. The number of piperidine rings is 1. The van der Waals surface area contributed by atoms with E-state index in [9.17, 15) is 13.2 Å². The summed E-state index contributed by atoms with van der Waals surface area (Å²) in [7, 11) is -3.69. The fourth-order valence-corrected chi connectivity index (χ4v) is 3.72. The molecular weight excluding hydrogens is 378 g/mol. The molecule has 1 aliphatic rings. The molecular formula is C20H25N3O4S. The van der Waals surface area contributed by atoms with Crippen LogP contribution in [0, 0.1) is 5.92 Å². The Morgan fingerprint density at radius 2 is 1.71 bits per heavy atom. The van der Waals surface area contributed by atoms with Crippen LogP contribution in [-0.4, -0.2) is 45.5 Å². The number of amides is 1. The predicted octanol–water partition coefficient (Wildman–Crippen LogP) is 2.06. The zero-order valence-electron chi connectivity index (χ0n) is 15.6. The molecule has 0 spiro atoms. The Morgan fingerprint density at radius 1 is 1.07 bits per heavy atom. The minimum absolute atomic E-state index is 0.0307. The third-order valence-electron chi connectivity index (χ3n) is 4.83. The maximum Gasteiger partial charge on any atom is 0.238 e.